The minimum Gasteiger partial charge on any atom is -0.211 e. The van der Waals surface area contributed by atoms with Gasteiger partial charge in [0.25, 0.3) is 0 Å². The van der Waals surface area contributed by atoms with Gasteiger partial charge in [-0.3, -0.25) is 0 Å². The summed E-state index contributed by atoms with van der Waals surface area (Å²) in [6.07, 6.45) is 3.11. The minimum absolute atomic E-state index is 0.147. The average Bonchev–Trinajstić information content (AvgIpc) is 2.50. The Morgan fingerprint density at radius 3 is 2.30 bits per heavy atom. The van der Waals surface area contributed by atoms with Crippen LogP contribution in [0, 0.1) is 0 Å². The van der Waals surface area contributed by atoms with Crippen LogP contribution in [0.3, 0.4) is 0 Å². The first-order chi connectivity index (χ1) is 9.86. The zero-order valence-electron chi connectivity index (χ0n) is 10.7. The van der Waals surface area contributed by atoms with Gasteiger partial charge in [0.2, 0.25) is 12.2 Å². The van der Waals surface area contributed by atoms with E-state index in [9.17, 15) is 9.59 Å². The maximum absolute atomic E-state index is 10.5. The van der Waals surface area contributed by atoms with E-state index in [-0.39, 0.29) is 12.5 Å². The summed E-state index contributed by atoms with van der Waals surface area (Å²) in [5.41, 5.74) is 2.37. The Balaban J connectivity index is 2.52. The Labute approximate surface area is 116 Å². The summed E-state index contributed by atoms with van der Waals surface area (Å²) >= 11 is 0. The van der Waals surface area contributed by atoms with Gasteiger partial charge in [-0.05, 0) is 17.2 Å². The third-order valence-corrected chi connectivity index (χ3v) is 3.02. The second-order valence-corrected chi connectivity index (χ2v) is 4.16. The SMILES string of the molecule is O=C=NCC(c1ccccc1)c1ccccc1N=C=O. The molecule has 4 nitrogen and oxygen atoms in total. The highest BCUT2D eigenvalue weighted by Crippen LogP contribution is 2.32. The quantitative estimate of drug-likeness (QED) is 0.615. The van der Waals surface area contributed by atoms with E-state index < -0.39 is 0 Å². The highest BCUT2D eigenvalue weighted by molar-refractivity contribution is 5.57. The van der Waals surface area contributed by atoms with Gasteiger partial charge in [-0.2, -0.15) is 4.99 Å². The Morgan fingerprint density at radius 2 is 1.60 bits per heavy atom. The lowest BCUT2D eigenvalue weighted by atomic mass is 9.90. The lowest BCUT2D eigenvalue weighted by Gasteiger charge is -2.16. The number of nitrogens with zero attached hydrogens (tertiary/aromatic N) is 2. The number of isocyanates is 2. The topological polar surface area (TPSA) is 58.9 Å². The lowest BCUT2D eigenvalue weighted by molar-refractivity contribution is 0.561. The molecule has 20 heavy (non-hydrogen) atoms. The molecule has 0 fully saturated rings. The van der Waals surface area contributed by atoms with Crippen molar-refractivity contribution in [1.82, 2.24) is 0 Å². The van der Waals surface area contributed by atoms with Crippen molar-refractivity contribution < 1.29 is 9.59 Å². The normalized spacial score (nSPS) is 11.0. The number of hydrogen-bond donors (Lipinski definition) is 0. The van der Waals surface area contributed by atoms with Gasteiger partial charge in [-0.25, -0.2) is 14.6 Å². The van der Waals surface area contributed by atoms with Crippen LogP contribution in [0.5, 0.6) is 0 Å². The zero-order chi connectivity index (χ0) is 14.2. The summed E-state index contributed by atoms with van der Waals surface area (Å²) in [7, 11) is 0. The summed E-state index contributed by atoms with van der Waals surface area (Å²) in [4.78, 5) is 28.3. The van der Waals surface area contributed by atoms with Crippen molar-refractivity contribution in [1.29, 1.82) is 0 Å². The maximum Gasteiger partial charge on any atom is 0.240 e. The standard InChI is InChI=1S/C16H12N2O2/c19-11-17-10-15(13-6-2-1-3-7-13)14-8-4-5-9-16(14)18-12-20/h1-9,15H,10H2. The van der Waals surface area contributed by atoms with Crippen molar-refractivity contribution in [2.75, 3.05) is 6.54 Å². The second kappa shape index (κ2) is 6.95. The van der Waals surface area contributed by atoms with Crippen LogP contribution in [0.15, 0.2) is 64.6 Å². The number of carbonyl (C=O) groups excluding carboxylic acids is 2. The summed E-state index contributed by atoms with van der Waals surface area (Å²) in [6, 6.07) is 16.9. The average molecular weight is 264 g/mol. The van der Waals surface area contributed by atoms with Crippen LogP contribution in [-0.4, -0.2) is 18.7 Å². The van der Waals surface area contributed by atoms with E-state index in [1.165, 1.54) is 0 Å². The Kier molecular flexibility index (Phi) is 4.74. The molecule has 4 heteroatoms. The second-order valence-electron chi connectivity index (χ2n) is 4.16. The molecule has 0 saturated carbocycles. The number of para-hydroxylation sites is 1. The molecule has 0 aliphatic carbocycles. The van der Waals surface area contributed by atoms with Gasteiger partial charge in [0, 0.05) is 5.92 Å². The molecule has 0 aliphatic heterocycles. The van der Waals surface area contributed by atoms with Crippen LogP contribution < -0.4 is 0 Å². The van der Waals surface area contributed by atoms with E-state index >= 15 is 0 Å². The van der Waals surface area contributed by atoms with Gasteiger partial charge < -0.3 is 0 Å². The molecule has 0 heterocycles. The van der Waals surface area contributed by atoms with Crippen molar-refractivity contribution in [3.63, 3.8) is 0 Å². The van der Waals surface area contributed by atoms with Gasteiger partial charge in [0.1, 0.15) is 0 Å². The van der Waals surface area contributed by atoms with Crippen LogP contribution in [0.25, 0.3) is 0 Å². The van der Waals surface area contributed by atoms with Crippen molar-refractivity contribution in [2.24, 2.45) is 9.98 Å². The summed E-state index contributed by atoms with van der Waals surface area (Å²) in [6.45, 7) is 0.263. The number of aliphatic imine (C=N–C) groups is 2. The molecule has 0 bridgehead atoms. The molecule has 0 spiro atoms. The molecule has 2 aromatic rings. The molecule has 1 atom stereocenters. The fourth-order valence-electron chi connectivity index (χ4n) is 2.13. The lowest BCUT2D eigenvalue weighted by Crippen LogP contribution is -2.05. The van der Waals surface area contributed by atoms with E-state index in [1.807, 2.05) is 42.5 Å². The van der Waals surface area contributed by atoms with Gasteiger partial charge in [-0.1, -0.05) is 48.5 Å². The molecular weight excluding hydrogens is 252 g/mol. The summed E-state index contributed by atoms with van der Waals surface area (Å²) in [5, 5.41) is 0. The number of hydrogen-bond acceptors (Lipinski definition) is 4. The van der Waals surface area contributed by atoms with Crippen molar-refractivity contribution in [3.05, 3.63) is 65.7 Å². The predicted molar refractivity (Wildman–Crippen MR) is 75.5 cm³/mol. The Morgan fingerprint density at radius 1 is 0.900 bits per heavy atom. The third kappa shape index (κ3) is 3.15. The van der Waals surface area contributed by atoms with Crippen LogP contribution in [-0.2, 0) is 9.59 Å². The van der Waals surface area contributed by atoms with Crippen molar-refractivity contribution >= 4 is 17.8 Å². The predicted octanol–water partition coefficient (Wildman–Crippen LogP) is 3.12. The highest BCUT2D eigenvalue weighted by atomic mass is 16.1. The Bertz CT molecular complexity index is 670. The molecule has 2 aromatic carbocycles. The molecule has 2 rings (SSSR count). The van der Waals surface area contributed by atoms with Gasteiger partial charge in [0.05, 0.1) is 12.2 Å². The first kappa shape index (κ1) is 13.6. The largest absolute Gasteiger partial charge is 0.240 e. The van der Waals surface area contributed by atoms with Crippen LogP contribution in [0.2, 0.25) is 0 Å². The zero-order valence-corrected chi connectivity index (χ0v) is 10.7. The number of benzene rings is 2. The molecule has 98 valence electrons. The molecule has 0 amide bonds. The molecule has 0 N–H and O–H groups in total. The fourth-order valence-corrected chi connectivity index (χ4v) is 2.13. The van der Waals surface area contributed by atoms with Crippen molar-refractivity contribution in [3.8, 4) is 0 Å². The molecule has 0 aromatic heterocycles. The van der Waals surface area contributed by atoms with Gasteiger partial charge >= 0.3 is 0 Å². The van der Waals surface area contributed by atoms with Gasteiger partial charge in [-0.15, -0.1) is 0 Å². The van der Waals surface area contributed by atoms with E-state index in [0.29, 0.717) is 5.69 Å². The molecule has 0 radical (unpaired) electrons. The first-order valence-corrected chi connectivity index (χ1v) is 6.12. The van der Waals surface area contributed by atoms with E-state index in [0.717, 1.165) is 11.1 Å². The van der Waals surface area contributed by atoms with E-state index in [4.69, 9.17) is 0 Å². The number of rotatable bonds is 5. The summed E-state index contributed by atoms with van der Waals surface area (Å²) < 4.78 is 0. The van der Waals surface area contributed by atoms with Crippen LogP contribution in [0.4, 0.5) is 5.69 Å². The van der Waals surface area contributed by atoms with Crippen LogP contribution >= 0.6 is 0 Å². The van der Waals surface area contributed by atoms with E-state index in [2.05, 4.69) is 9.98 Å². The molecule has 0 saturated heterocycles. The fraction of sp³-hybridized carbons (Fsp3) is 0.125. The van der Waals surface area contributed by atoms with E-state index in [1.54, 1.807) is 24.3 Å². The highest BCUT2D eigenvalue weighted by Gasteiger charge is 2.16. The molecule has 1 unspecified atom stereocenters. The first-order valence-electron chi connectivity index (χ1n) is 6.12. The van der Waals surface area contributed by atoms with Gasteiger partial charge in [0.15, 0.2) is 0 Å². The van der Waals surface area contributed by atoms with Crippen LogP contribution in [0.1, 0.15) is 17.0 Å². The third-order valence-electron chi connectivity index (χ3n) is 3.02. The monoisotopic (exact) mass is 264 g/mol. The Hall–Kier alpha value is -2.80. The maximum atomic E-state index is 10.5. The summed E-state index contributed by atoms with van der Waals surface area (Å²) in [5.74, 6) is -0.147. The smallest absolute Gasteiger partial charge is 0.211 e. The molecular formula is C16H12N2O2. The van der Waals surface area contributed by atoms with Crippen molar-refractivity contribution in [2.45, 2.75) is 5.92 Å². The molecule has 0 aliphatic rings. The minimum atomic E-state index is -0.147.